The molecule has 1 fully saturated rings. The predicted octanol–water partition coefficient (Wildman–Crippen LogP) is 6.39. The highest BCUT2D eigenvalue weighted by Gasteiger charge is 2.34. The molecule has 0 amide bonds. The van der Waals surface area contributed by atoms with Crippen LogP contribution in [0.2, 0.25) is 0 Å². The maximum Gasteiger partial charge on any atom is 0.141 e. The molecule has 5 aromatic rings. The van der Waals surface area contributed by atoms with E-state index in [-0.39, 0.29) is 5.82 Å². The summed E-state index contributed by atoms with van der Waals surface area (Å²) in [4.78, 5) is 15.2. The first-order valence-corrected chi connectivity index (χ1v) is 12.8. The van der Waals surface area contributed by atoms with Gasteiger partial charge in [0.1, 0.15) is 22.8 Å². The summed E-state index contributed by atoms with van der Waals surface area (Å²) >= 11 is 1.61. The number of anilines is 1. The lowest BCUT2D eigenvalue weighted by atomic mass is 10.0. The minimum atomic E-state index is -0.226. The minimum absolute atomic E-state index is 0.226. The van der Waals surface area contributed by atoms with Gasteiger partial charge in [0.2, 0.25) is 0 Å². The Morgan fingerprint density at radius 1 is 0.743 bits per heavy atom. The zero-order chi connectivity index (χ0) is 23.4. The summed E-state index contributed by atoms with van der Waals surface area (Å²) in [7, 11) is 0. The van der Waals surface area contributed by atoms with E-state index in [0.29, 0.717) is 6.04 Å². The van der Waals surface area contributed by atoms with Crippen molar-refractivity contribution in [2.75, 3.05) is 31.1 Å². The van der Waals surface area contributed by atoms with Gasteiger partial charge in [-0.05, 0) is 39.9 Å². The van der Waals surface area contributed by atoms with E-state index in [2.05, 4.69) is 68.7 Å². The minimum Gasteiger partial charge on any atom is -0.353 e. The first-order chi connectivity index (χ1) is 17.3. The van der Waals surface area contributed by atoms with Crippen molar-refractivity contribution in [3.63, 3.8) is 0 Å². The molecular weight excluding hydrogens is 455 g/mol. The third-order valence-electron chi connectivity index (χ3n) is 7.29. The Bertz CT molecular complexity index is 1490. The Kier molecular flexibility index (Phi) is 4.89. The number of benzene rings is 3. The molecule has 35 heavy (non-hydrogen) atoms. The van der Waals surface area contributed by atoms with Crippen LogP contribution in [0.15, 0.2) is 84.5 Å². The molecule has 4 nitrogen and oxygen atoms in total. The van der Waals surface area contributed by atoms with Crippen LogP contribution in [0.4, 0.5) is 10.2 Å². The average Bonchev–Trinajstić information content (AvgIpc) is 3.49. The van der Waals surface area contributed by atoms with Crippen LogP contribution in [0.3, 0.4) is 0 Å². The van der Waals surface area contributed by atoms with Gasteiger partial charge >= 0.3 is 0 Å². The number of piperazine rings is 1. The molecule has 1 saturated heterocycles. The van der Waals surface area contributed by atoms with Crippen LogP contribution in [0, 0.1) is 5.82 Å². The van der Waals surface area contributed by atoms with Gasteiger partial charge in [0.05, 0.1) is 11.4 Å². The van der Waals surface area contributed by atoms with E-state index in [1.54, 1.807) is 17.7 Å². The summed E-state index contributed by atoms with van der Waals surface area (Å²) in [6, 6.07) is 24.6. The van der Waals surface area contributed by atoms with E-state index >= 15 is 0 Å². The van der Waals surface area contributed by atoms with E-state index in [4.69, 9.17) is 4.98 Å². The number of thiophene rings is 1. The van der Waals surface area contributed by atoms with Crippen molar-refractivity contribution in [3.05, 3.63) is 101 Å². The zero-order valence-corrected chi connectivity index (χ0v) is 19.9. The van der Waals surface area contributed by atoms with E-state index in [1.165, 1.54) is 34.4 Å². The predicted molar refractivity (Wildman–Crippen MR) is 140 cm³/mol. The van der Waals surface area contributed by atoms with E-state index in [0.717, 1.165) is 53.3 Å². The molecule has 7 rings (SSSR count). The molecule has 0 unspecified atom stereocenters. The number of nitrogens with zero attached hydrogens (tertiary/aromatic N) is 4. The smallest absolute Gasteiger partial charge is 0.141 e. The molecule has 6 heteroatoms. The van der Waals surface area contributed by atoms with Gasteiger partial charge in [0.15, 0.2) is 0 Å². The van der Waals surface area contributed by atoms with Crippen LogP contribution in [0.25, 0.3) is 32.5 Å². The van der Waals surface area contributed by atoms with Crippen molar-refractivity contribution < 1.29 is 4.39 Å². The van der Waals surface area contributed by atoms with Gasteiger partial charge in [-0.2, -0.15) is 0 Å². The van der Waals surface area contributed by atoms with Crippen molar-refractivity contribution in [3.8, 4) is 22.3 Å². The van der Waals surface area contributed by atoms with E-state index in [1.807, 2.05) is 12.1 Å². The Morgan fingerprint density at radius 3 is 2.09 bits per heavy atom. The van der Waals surface area contributed by atoms with Crippen LogP contribution in [0.5, 0.6) is 0 Å². The fourth-order valence-electron chi connectivity index (χ4n) is 5.66. The summed E-state index contributed by atoms with van der Waals surface area (Å²) in [5.74, 6) is 0.749. The van der Waals surface area contributed by atoms with Gasteiger partial charge in [0, 0.05) is 37.1 Å². The topological polar surface area (TPSA) is 32.3 Å². The van der Waals surface area contributed by atoms with Gasteiger partial charge in [-0.3, -0.25) is 4.90 Å². The zero-order valence-electron chi connectivity index (χ0n) is 19.1. The normalized spacial score (nSPS) is 16.0. The molecule has 0 saturated carbocycles. The Labute approximate surface area is 207 Å². The van der Waals surface area contributed by atoms with Crippen molar-refractivity contribution in [2.45, 2.75) is 6.04 Å². The lowest BCUT2D eigenvalue weighted by molar-refractivity contribution is 0.215. The number of halogens is 1. The number of hydrogen-bond donors (Lipinski definition) is 0. The highest BCUT2D eigenvalue weighted by molar-refractivity contribution is 7.17. The van der Waals surface area contributed by atoms with Crippen LogP contribution in [-0.4, -0.2) is 41.0 Å². The average molecular weight is 479 g/mol. The van der Waals surface area contributed by atoms with Crippen molar-refractivity contribution in [1.29, 1.82) is 0 Å². The van der Waals surface area contributed by atoms with Crippen molar-refractivity contribution >= 4 is 27.4 Å². The summed E-state index contributed by atoms with van der Waals surface area (Å²) < 4.78 is 13.5. The molecule has 172 valence electrons. The van der Waals surface area contributed by atoms with Gasteiger partial charge in [-0.25, -0.2) is 14.4 Å². The first kappa shape index (κ1) is 20.7. The molecular formula is C29H23FN4S. The largest absolute Gasteiger partial charge is 0.353 e. The van der Waals surface area contributed by atoms with Crippen LogP contribution in [0.1, 0.15) is 17.2 Å². The number of fused-ring (bicyclic) bond motifs is 4. The SMILES string of the molecule is Fc1ccc(-c2csc3ncnc(N4CCN(C5c6ccccc6-c6ccccc65)CC4)c23)cc1. The molecule has 0 N–H and O–H groups in total. The molecule has 0 atom stereocenters. The summed E-state index contributed by atoms with van der Waals surface area (Å²) in [5, 5.41) is 3.17. The molecule has 0 bridgehead atoms. The van der Waals surface area contributed by atoms with Gasteiger partial charge in [-0.1, -0.05) is 60.7 Å². The van der Waals surface area contributed by atoms with Crippen molar-refractivity contribution in [1.82, 2.24) is 14.9 Å². The third-order valence-corrected chi connectivity index (χ3v) is 8.17. The molecule has 2 aromatic heterocycles. The standard InChI is InChI=1S/C29H23FN4S/c30-20-11-9-19(10-12-20)25-17-35-29-26(25)28(31-18-32-29)34-15-13-33(14-16-34)27-23-7-3-1-5-21(23)22-6-2-4-8-24(22)27/h1-12,17-18,27H,13-16H2. The summed E-state index contributed by atoms with van der Waals surface area (Å²) in [6.07, 6.45) is 1.67. The maximum atomic E-state index is 13.5. The molecule has 0 spiro atoms. The fraction of sp³-hybridized carbons (Fsp3) is 0.172. The Hall–Kier alpha value is -3.61. The Morgan fingerprint density at radius 2 is 1.40 bits per heavy atom. The number of aromatic nitrogens is 2. The van der Waals surface area contributed by atoms with E-state index in [9.17, 15) is 4.39 Å². The first-order valence-electron chi connectivity index (χ1n) is 11.9. The molecule has 3 aromatic carbocycles. The highest BCUT2D eigenvalue weighted by Crippen LogP contribution is 2.46. The second-order valence-corrected chi connectivity index (χ2v) is 9.99. The Balaban J connectivity index is 1.20. The lowest BCUT2D eigenvalue weighted by Gasteiger charge is -2.39. The highest BCUT2D eigenvalue weighted by atomic mass is 32.1. The van der Waals surface area contributed by atoms with E-state index < -0.39 is 0 Å². The van der Waals surface area contributed by atoms with Crippen LogP contribution in [-0.2, 0) is 0 Å². The van der Waals surface area contributed by atoms with Crippen LogP contribution >= 0.6 is 11.3 Å². The quantitative estimate of drug-likeness (QED) is 0.301. The summed E-state index contributed by atoms with van der Waals surface area (Å²) in [6.45, 7) is 3.70. The monoisotopic (exact) mass is 478 g/mol. The molecule has 2 aliphatic rings. The molecule has 1 aliphatic heterocycles. The van der Waals surface area contributed by atoms with Gasteiger partial charge in [0.25, 0.3) is 0 Å². The lowest BCUT2D eigenvalue weighted by Crippen LogP contribution is -2.48. The second kappa shape index (κ2) is 8.26. The number of rotatable bonds is 3. The molecule has 0 radical (unpaired) electrons. The molecule has 1 aliphatic carbocycles. The van der Waals surface area contributed by atoms with Crippen LogP contribution < -0.4 is 4.90 Å². The molecule has 3 heterocycles. The maximum absolute atomic E-state index is 13.5. The summed E-state index contributed by atoms with van der Waals surface area (Å²) in [5.41, 5.74) is 7.59. The number of hydrogen-bond acceptors (Lipinski definition) is 5. The fourth-order valence-corrected chi connectivity index (χ4v) is 6.57. The van der Waals surface area contributed by atoms with Gasteiger partial charge < -0.3 is 4.90 Å². The third kappa shape index (κ3) is 3.36. The second-order valence-electron chi connectivity index (χ2n) is 9.13. The van der Waals surface area contributed by atoms with Gasteiger partial charge in [-0.15, -0.1) is 11.3 Å². The van der Waals surface area contributed by atoms with Crippen molar-refractivity contribution in [2.24, 2.45) is 0 Å².